The van der Waals surface area contributed by atoms with Gasteiger partial charge in [0.25, 0.3) is 5.91 Å². The molecule has 2 N–H and O–H groups in total. The van der Waals surface area contributed by atoms with Crippen LogP contribution in [0.25, 0.3) is 0 Å². The molecule has 0 saturated carbocycles. The number of carbonyl (C=O) groups is 2. The number of pyridine rings is 1. The van der Waals surface area contributed by atoms with Gasteiger partial charge in [0.2, 0.25) is 6.79 Å². The average Bonchev–Trinajstić information content (AvgIpc) is 3.21. The molecule has 0 radical (unpaired) electrons. The van der Waals surface area contributed by atoms with E-state index in [4.69, 9.17) is 14.2 Å². The molecule has 28 heavy (non-hydrogen) atoms. The fraction of sp³-hybridized carbons (Fsp3) is 0.316. The van der Waals surface area contributed by atoms with Crippen molar-refractivity contribution in [1.82, 2.24) is 15.2 Å². The maximum Gasteiger partial charge on any atom is 0.322 e. The first kappa shape index (κ1) is 18.1. The highest BCUT2D eigenvalue weighted by Gasteiger charge is 2.29. The number of rotatable bonds is 4. The van der Waals surface area contributed by atoms with Gasteiger partial charge in [0.15, 0.2) is 17.6 Å². The highest BCUT2D eigenvalue weighted by molar-refractivity contribution is 5.90. The molecule has 3 heterocycles. The number of morpholine rings is 1. The van der Waals surface area contributed by atoms with Crippen molar-refractivity contribution < 1.29 is 23.8 Å². The van der Waals surface area contributed by atoms with Crippen molar-refractivity contribution in [1.29, 1.82) is 0 Å². The molecule has 0 spiro atoms. The number of fused-ring (bicyclic) bond motifs is 1. The summed E-state index contributed by atoms with van der Waals surface area (Å²) >= 11 is 0. The Balaban J connectivity index is 1.31. The quantitative estimate of drug-likeness (QED) is 0.825. The van der Waals surface area contributed by atoms with Crippen LogP contribution in [0.2, 0.25) is 0 Å². The highest BCUT2D eigenvalue weighted by atomic mass is 16.7. The van der Waals surface area contributed by atoms with Crippen molar-refractivity contribution in [3.63, 3.8) is 0 Å². The summed E-state index contributed by atoms with van der Waals surface area (Å²) in [5, 5.41) is 5.60. The molecule has 2 aromatic rings. The van der Waals surface area contributed by atoms with Crippen molar-refractivity contribution in [3.8, 4) is 11.5 Å². The zero-order valence-electron chi connectivity index (χ0n) is 15.1. The number of nitrogens with zero attached hydrogens (tertiary/aromatic N) is 2. The van der Waals surface area contributed by atoms with E-state index in [-0.39, 0.29) is 31.9 Å². The molecule has 146 valence electrons. The SMILES string of the molecule is O=C(NCc1ccccn1)C1CN(C(=O)Nc2ccc3c(c2)OCO3)CCO1. The van der Waals surface area contributed by atoms with Gasteiger partial charge in [-0.05, 0) is 24.3 Å². The summed E-state index contributed by atoms with van der Waals surface area (Å²) in [6.45, 7) is 1.34. The van der Waals surface area contributed by atoms with E-state index in [1.54, 1.807) is 29.3 Å². The summed E-state index contributed by atoms with van der Waals surface area (Å²) in [7, 11) is 0. The first-order chi connectivity index (χ1) is 13.7. The lowest BCUT2D eigenvalue weighted by molar-refractivity contribution is -0.137. The Morgan fingerprint density at radius 3 is 2.93 bits per heavy atom. The van der Waals surface area contributed by atoms with Gasteiger partial charge in [-0.2, -0.15) is 0 Å². The first-order valence-corrected chi connectivity index (χ1v) is 8.94. The Morgan fingerprint density at radius 1 is 1.18 bits per heavy atom. The molecule has 1 fully saturated rings. The third-order valence-corrected chi connectivity index (χ3v) is 4.44. The molecule has 4 rings (SSSR count). The topological polar surface area (TPSA) is 102 Å². The molecule has 1 aromatic heterocycles. The number of amides is 3. The van der Waals surface area contributed by atoms with Crippen LogP contribution in [0.4, 0.5) is 10.5 Å². The number of aromatic nitrogens is 1. The van der Waals surface area contributed by atoms with Crippen LogP contribution in [0.15, 0.2) is 42.6 Å². The minimum absolute atomic E-state index is 0.171. The van der Waals surface area contributed by atoms with Crippen LogP contribution in [0.3, 0.4) is 0 Å². The van der Waals surface area contributed by atoms with E-state index < -0.39 is 6.10 Å². The first-order valence-electron chi connectivity index (χ1n) is 8.94. The predicted octanol–water partition coefficient (Wildman–Crippen LogP) is 1.36. The van der Waals surface area contributed by atoms with Crippen molar-refractivity contribution >= 4 is 17.6 Å². The lowest BCUT2D eigenvalue weighted by atomic mass is 10.2. The van der Waals surface area contributed by atoms with Crippen LogP contribution in [0.1, 0.15) is 5.69 Å². The lowest BCUT2D eigenvalue weighted by Crippen LogP contribution is -2.52. The second-order valence-electron chi connectivity index (χ2n) is 6.34. The molecule has 1 unspecified atom stereocenters. The van der Waals surface area contributed by atoms with Gasteiger partial charge in [0.05, 0.1) is 25.4 Å². The number of carbonyl (C=O) groups excluding carboxylic acids is 2. The smallest absolute Gasteiger partial charge is 0.322 e. The highest BCUT2D eigenvalue weighted by Crippen LogP contribution is 2.34. The van der Waals surface area contributed by atoms with E-state index in [0.29, 0.717) is 30.3 Å². The number of ether oxygens (including phenoxy) is 3. The minimum atomic E-state index is -0.722. The molecule has 0 aliphatic carbocycles. The van der Waals surface area contributed by atoms with Gasteiger partial charge in [-0.25, -0.2) is 4.79 Å². The molecule has 2 aliphatic rings. The summed E-state index contributed by atoms with van der Waals surface area (Å²) in [5.74, 6) is 0.965. The minimum Gasteiger partial charge on any atom is -0.454 e. The maximum atomic E-state index is 12.6. The van der Waals surface area contributed by atoms with Gasteiger partial charge < -0.3 is 29.7 Å². The van der Waals surface area contributed by atoms with E-state index in [2.05, 4.69) is 15.6 Å². The standard InChI is InChI=1S/C19H20N4O5/c24-18(21-10-14-3-1-2-6-20-14)17-11-23(7-8-26-17)19(25)22-13-4-5-15-16(9-13)28-12-27-15/h1-6,9,17H,7-8,10-12H2,(H,21,24)(H,22,25). The number of hydrogen-bond acceptors (Lipinski definition) is 6. The van der Waals surface area contributed by atoms with E-state index in [1.807, 2.05) is 18.2 Å². The number of nitrogens with one attached hydrogen (secondary N) is 2. The molecular weight excluding hydrogens is 364 g/mol. The molecule has 9 heteroatoms. The number of anilines is 1. The zero-order valence-corrected chi connectivity index (χ0v) is 15.1. The second-order valence-corrected chi connectivity index (χ2v) is 6.34. The Kier molecular flexibility index (Phi) is 5.24. The zero-order chi connectivity index (χ0) is 19.3. The van der Waals surface area contributed by atoms with E-state index in [0.717, 1.165) is 5.69 Å². The number of urea groups is 1. The monoisotopic (exact) mass is 384 g/mol. The molecule has 1 aromatic carbocycles. The summed E-state index contributed by atoms with van der Waals surface area (Å²) in [5.41, 5.74) is 1.35. The molecule has 1 atom stereocenters. The van der Waals surface area contributed by atoms with E-state index in [1.165, 1.54) is 0 Å². The molecule has 1 saturated heterocycles. The van der Waals surface area contributed by atoms with E-state index >= 15 is 0 Å². The van der Waals surface area contributed by atoms with Gasteiger partial charge in [-0.15, -0.1) is 0 Å². The molecular formula is C19H20N4O5. The Bertz CT molecular complexity index is 861. The van der Waals surface area contributed by atoms with Gasteiger partial charge in [-0.3, -0.25) is 9.78 Å². The third kappa shape index (κ3) is 4.15. The molecule has 9 nitrogen and oxygen atoms in total. The molecule has 0 bridgehead atoms. The van der Waals surface area contributed by atoms with Crippen LogP contribution in [-0.4, -0.2) is 54.4 Å². The fourth-order valence-electron chi connectivity index (χ4n) is 2.96. The van der Waals surface area contributed by atoms with Crippen LogP contribution >= 0.6 is 0 Å². The Morgan fingerprint density at radius 2 is 2.07 bits per heavy atom. The summed E-state index contributed by atoms with van der Waals surface area (Å²) < 4.78 is 16.1. The van der Waals surface area contributed by atoms with Crippen molar-refractivity contribution in [3.05, 3.63) is 48.3 Å². The van der Waals surface area contributed by atoms with Crippen molar-refractivity contribution in [2.24, 2.45) is 0 Å². The third-order valence-electron chi connectivity index (χ3n) is 4.44. The lowest BCUT2D eigenvalue weighted by Gasteiger charge is -2.32. The van der Waals surface area contributed by atoms with Crippen LogP contribution in [-0.2, 0) is 16.1 Å². The Hall–Kier alpha value is -3.33. The number of hydrogen-bond donors (Lipinski definition) is 2. The maximum absolute atomic E-state index is 12.6. The largest absolute Gasteiger partial charge is 0.454 e. The van der Waals surface area contributed by atoms with Crippen LogP contribution in [0.5, 0.6) is 11.5 Å². The second kappa shape index (κ2) is 8.13. The normalized spacial score (nSPS) is 17.9. The van der Waals surface area contributed by atoms with Crippen LogP contribution in [0, 0.1) is 0 Å². The van der Waals surface area contributed by atoms with Crippen molar-refractivity contribution in [2.45, 2.75) is 12.6 Å². The van der Waals surface area contributed by atoms with Gasteiger partial charge >= 0.3 is 6.03 Å². The predicted molar refractivity (Wildman–Crippen MR) is 99.0 cm³/mol. The van der Waals surface area contributed by atoms with Crippen LogP contribution < -0.4 is 20.1 Å². The number of benzene rings is 1. The van der Waals surface area contributed by atoms with Gasteiger partial charge in [0.1, 0.15) is 0 Å². The van der Waals surface area contributed by atoms with E-state index in [9.17, 15) is 9.59 Å². The Labute approximate surface area is 161 Å². The van der Waals surface area contributed by atoms with Gasteiger partial charge in [0, 0.05) is 24.5 Å². The molecule has 2 aliphatic heterocycles. The summed E-state index contributed by atoms with van der Waals surface area (Å²) in [6.07, 6.45) is 0.945. The average molecular weight is 384 g/mol. The van der Waals surface area contributed by atoms with Gasteiger partial charge in [-0.1, -0.05) is 6.07 Å². The summed E-state index contributed by atoms with van der Waals surface area (Å²) in [4.78, 5) is 30.6. The summed E-state index contributed by atoms with van der Waals surface area (Å²) in [6, 6.07) is 10.4. The molecule has 3 amide bonds. The fourth-order valence-corrected chi connectivity index (χ4v) is 2.96. The van der Waals surface area contributed by atoms with Crippen molar-refractivity contribution in [2.75, 3.05) is 31.8 Å².